The van der Waals surface area contributed by atoms with Gasteiger partial charge in [-0.3, -0.25) is 0 Å². The first-order chi connectivity index (χ1) is 4.97. The summed E-state index contributed by atoms with van der Waals surface area (Å²) in [5.41, 5.74) is 2.53. The van der Waals surface area contributed by atoms with Crippen LogP contribution in [0.25, 0.3) is 0 Å². The third kappa shape index (κ3) is 0.929. The van der Waals surface area contributed by atoms with E-state index in [1.165, 1.54) is 11.1 Å². The predicted molar refractivity (Wildman–Crippen MR) is 39.3 cm³/mol. The highest BCUT2D eigenvalue weighted by Gasteiger charge is 2.06. The van der Waals surface area contributed by atoms with Gasteiger partial charge in [0.05, 0.1) is 6.54 Å². The number of rotatable bonds is 0. The summed E-state index contributed by atoms with van der Waals surface area (Å²) < 4.78 is 0. The predicted octanol–water partition coefficient (Wildman–Crippen LogP) is 1.02. The van der Waals surface area contributed by atoms with Crippen molar-refractivity contribution in [3.05, 3.63) is 41.9 Å². The van der Waals surface area contributed by atoms with Crippen molar-refractivity contribution >= 4 is 0 Å². The Morgan fingerprint density at radius 3 is 3.40 bits per heavy atom. The van der Waals surface area contributed by atoms with Gasteiger partial charge in [0.1, 0.15) is 0 Å². The minimum Gasteiger partial charge on any atom is -0.303 e. The number of hydrogen-bond acceptors (Lipinski definition) is 1. The van der Waals surface area contributed by atoms with E-state index in [0.29, 0.717) is 0 Å². The zero-order valence-electron chi connectivity index (χ0n) is 5.65. The molecule has 0 spiro atoms. The van der Waals surface area contributed by atoms with E-state index in [-0.39, 0.29) is 0 Å². The Bertz CT molecular complexity index is 205. The van der Waals surface area contributed by atoms with Crippen LogP contribution in [0.5, 0.6) is 0 Å². The molecule has 0 bridgehead atoms. The normalized spacial score (nSPS) is 16.4. The lowest BCUT2D eigenvalue weighted by atomic mass is 10.0. The fourth-order valence-corrected chi connectivity index (χ4v) is 1.15. The number of hydrogen-bond donors (Lipinski definition) is 1. The van der Waals surface area contributed by atoms with E-state index < -0.39 is 0 Å². The van der Waals surface area contributed by atoms with Crippen molar-refractivity contribution in [2.24, 2.45) is 0 Å². The lowest BCUT2D eigenvalue weighted by Gasteiger charge is -2.14. The van der Waals surface area contributed by atoms with E-state index in [4.69, 9.17) is 0 Å². The van der Waals surface area contributed by atoms with Gasteiger partial charge in [-0.1, -0.05) is 18.2 Å². The molecule has 0 fully saturated rings. The molecule has 0 amide bonds. The SMILES string of the molecule is [C]1NCCc2c[c]ccc21. The molecule has 0 aliphatic carbocycles. The van der Waals surface area contributed by atoms with E-state index in [0.717, 1.165) is 13.0 Å². The van der Waals surface area contributed by atoms with Gasteiger partial charge in [-0.15, -0.1) is 0 Å². The highest BCUT2D eigenvalue weighted by molar-refractivity contribution is 5.33. The highest BCUT2D eigenvalue weighted by atomic mass is 14.9. The van der Waals surface area contributed by atoms with Crippen molar-refractivity contribution in [3.63, 3.8) is 0 Å². The zero-order valence-corrected chi connectivity index (χ0v) is 5.65. The molecule has 49 valence electrons. The smallest absolute Gasteiger partial charge is 0.0936 e. The second kappa shape index (κ2) is 2.43. The van der Waals surface area contributed by atoms with Crippen molar-refractivity contribution in [3.8, 4) is 0 Å². The van der Waals surface area contributed by atoms with Crippen molar-refractivity contribution < 1.29 is 0 Å². The summed E-state index contributed by atoms with van der Waals surface area (Å²) in [6.45, 7) is 4.10. The van der Waals surface area contributed by atoms with Crippen LogP contribution in [0.2, 0.25) is 0 Å². The fraction of sp³-hybridized carbons (Fsp3) is 0.222. The monoisotopic (exact) mass is 130 g/mol. The maximum Gasteiger partial charge on any atom is 0.0936 e. The molecule has 1 N–H and O–H groups in total. The lowest BCUT2D eigenvalue weighted by molar-refractivity contribution is 0.753. The van der Waals surface area contributed by atoms with Crippen LogP contribution in [-0.2, 0) is 6.42 Å². The Hall–Kier alpha value is -0.820. The molecule has 1 aromatic carbocycles. The van der Waals surface area contributed by atoms with Crippen LogP contribution in [-0.4, -0.2) is 6.54 Å². The summed E-state index contributed by atoms with van der Waals surface area (Å²) in [4.78, 5) is 0. The van der Waals surface area contributed by atoms with Gasteiger partial charge in [-0.25, -0.2) is 0 Å². The highest BCUT2D eigenvalue weighted by Crippen LogP contribution is 2.12. The average Bonchev–Trinajstić information content (AvgIpc) is 2.05. The summed E-state index contributed by atoms with van der Waals surface area (Å²) in [6, 6.07) is 9.03. The molecule has 1 aromatic rings. The van der Waals surface area contributed by atoms with E-state index in [2.05, 4.69) is 17.9 Å². The Morgan fingerprint density at radius 2 is 2.50 bits per heavy atom. The van der Waals surface area contributed by atoms with Crippen LogP contribution < -0.4 is 5.32 Å². The summed E-state index contributed by atoms with van der Waals surface area (Å²) in [7, 11) is 0. The maximum absolute atomic E-state index is 3.09. The standard InChI is InChI=1S/C9H8N/c1-2-4-9-7-10-6-5-8(9)3-1/h2-4,10H,5-6H2. The molecule has 2 rings (SSSR count). The lowest BCUT2D eigenvalue weighted by Crippen LogP contribution is -2.21. The first-order valence-corrected chi connectivity index (χ1v) is 3.45. The molecular formula is C9H8N. The summed E-state index contributed by atoms with van der Waals surface area (Å²) in [5, 5.41) is 3.08. The van der Waals surface area contributed by atoms with Crippen LogP contribution in [0.1, 0.15) is 11.1 Å². The molecular weight excluding hydrogens is 122 g/mol. The Morgan fingerprint density at radius 1 is 1.50 bits per heavy atom. The summed E-state index contributed by atoms with van der Waals surface area (Å²) >= 11 is 0. The summed E-state index contributed by atoms with van der Waals surface area (Å²) in [6.07, 6.45) is 1.10. The van der Waals surface area contributed by atoms with E-state index in [1.807, 2.05) is 18.2 Å². The second-order valence-corrected chi connectivity index (χ2v) is 2.39. The molecule has 0 unspecified atom stereocenters. The molecule has 1 aliphatic heterocycles. The zero-order chi connectivity index (χ0) is 6.81. The van der Waals surface area contributed by atoms with Gasteiger partial charge < -0.3 is 5.32 Å². The van der Waals surface area contributed by atoms with Gasteiger partial charge in [-0.05, 0) is 23.6 Å². The molecule has 1 nitrogen and oxygen atoms in total. The van der Waals surface area contributed by atoms with Crippen LogP contribution >= 0.6 is 0 Å². The number of fused-ring (bicyclic) bond motifs is 1. The molecule has 1 heteroatoms. The largest absolute Gasteiger partial charge is 0.303 e. The quantitative estimate of drug-likeness (QED) is 0.553. The van der Waals surface area contributed by atoms with Crippen LogP contribution in [0.4, 0.5) is 0 Å². The Labute approximate surface area is 61.1 Å². The number of benzene rings is 1. The van der Waals surface area contributed by atoms with Gasteiger partial charge in [-0.2, -0.15) is 0 Å². The minimum atomic E-state index is 1.00. The van der Waals surface area contributed by atoms with Crippen LogP contribution in [0.3, 0.4) is 0 Å². The molecule has 3 radical (unpaired) electrons. The first-order valence-electron chi connectivity index (χ1n) is 3.45. The first kappa shape index (κ1) is 5.93. The van der Waals surface area contributed by atoms with Gasteiger partial charge in [0.15, 0.2) is 0 Å². The third-order valence-corrected chi connectivity index (χ3v) is 1.69. The van der Waals surface area contributed by atoms with Gasteiger partial charge in [0.2, 0.25) is 0 Å². The van der Waals surface area contributed by atoms with Gasteiger partial charge >= 0.3 is 0 Å². The van der Waals surface area contributed by atoms with Crippen LogP contribution in [0.15, 0.2) is 18.2 Å². The van der Waals surface area contributed by atoms with E-state index in [9.17, 15) is 0 Å². The van der Waals surface area contributed by atoms with Gasteiger partial charge in [0.25, 0.3) is 0 Å². The summed E-state index contributed by atoms with van der Waals surface area (Å²) in [5.74, 6) is 0. The van der Waals surface area contributed by atoms with Gasteiger partial charge in [0, 0.05) is 6.54 Å². The molecule has 10 heavy (non-hydrogen) atoms. The van der Waals surface area contributed by atoms with Crippen LogP contribution in [0, 0.1) is 12.6 Å². The number of nitrogens with one attached hydrogen (secondary N) is 1. The second-order valence-electron chi connectivity index (χ2n) is 2.39. The van der Waals surface area contributed by atoms with E-state index >= 15 is 0 Å². The minimum absolute atomic E-state index is 1.00. The average molecular weight is 130 g/mol. The van der Waals surface area contributed by atoms with Crippen molar-refractivity contribution in [2.75, 3.05) is 6.54 Å². The fourth-order valence-electron chi connectivity index (χ4n) is 1.15. The molecule has 1 aliphatic rings. The Kier molecular flexibility index (Phi) is 1.44. The molecule has 0 aromatic heterocycles. The van der Waals surface area contributed by atoms with Crippen molar-refractivity contribution in [1.82, 2.24) is 5.32 Å². The van der Waals surface area contributed by atoms with E-state index in [1.54, 1.807) is 0 Å². The topological polar surface area (TPSA) is 12.0 Å². The van der Waals surface area contributed by atoms with Crippen molar-refractivity contribution in [1.29, 1.82) is 0 Å². The molecule has 0 saturated heterocycles. The third-order valence-electron chi connectivity index (χ3n) is 1.69. The molecule has 1 heterocycles. The Balaban J connectivity index is 2.41. The van der Waals surface area contributed by atoms with Crippen molar-refractivity contribution in [2.45, 2.75) is 6.42 Å². The molecule has 0 saturated carbocycles. The maximum atomic E-state index is 3.09. The molecule has 0 atom stereocenters.